The second-order valence-corrected chi connectivity index (χ2v) is 5.33. The van der Waals surface area contributed by atoms with Crippen molar-refractivity contribution in [1.29, 1.82) is 0 Å². The Balaban J connectivity index is 2.32. The van der Waals surface area contributed by atoms with Gasteiger partial charge in [-0.2, -0.15) is 0 Å². The van der Waals surface area contributed by atoms with Gasteiger partial charge in [-0.15, -0.1) is 6.58 Å². The largest absolute Gasteiger partial charge is 0.352 e. The molecule has 0 aliphatic rings. The van der Waals surface area contributed by atoms with Gasteiger partial charge in [-0.3, -0.25) is 9.59 Å². The number of carbonyl (C=O) groups is 1. The zero-order chi connectivity index (χ0) is 17.9. The third kappa shape index (κ3) is 3.98. The van der Waals surface area contributed by atoms with Crippen LogP contribution in [-0.4, -0.2) is 18.3 Å². The molecule has 0 atom stereocenters. The molecule has 122 valence electrons. The van der Waals surface area contributed by atoms with Crippen molar-refractivity contribution in [2.75, 3.05) is 0 Å². The summed E-state index contributed by atoms with van der Waals surface area (Å²) in [7, 11) is 5.58. The fourth-order valence-corrected chi connectivity index (χ4v) is 2.14. The molecule has 1 amide bonds. The fourth-order valence-electron chi connectivity index (χ4n) is 2.14. The molecule has 0 saturated heterocycles. The molecule has 2 rings (SSSR count). The predicted octanol–water partition coefficient (Wildman–Crippen LogP) is 1.95. The Morgan fingerprint density at radius 2 is 1.83 bits per heavy atom. The first-order chi connectivity index (χ1) is 11.3. The van der Waals surface area contributed by atoms with Crippen molar-refractivity contribution in [2.45, 2.75) is 20.0 Å². The number of hydrogen-bond donors (Lipinski definition) is 1. The van der Waals surface area contributed by atoms with Crippen LogP contribution in [0, 0.1) is 11.6 Å². The summed E-state index contributed by atoms with van der Waals surface area (Å²) < 4.78 is 29.5. The molecule has 1 N–H and O–H groups in total. The van der Waals surface area contributed by atoms with Gasteiger partial charge in [0, 0.05) is 36.9 Å². The van der Waals surface area contributed by atoms with Crippen LogP contribution >= 0.6 is 0 Å². The van der Waals surface area contributed by atoms with E-state index in [9.17, 15) is 18.4 Å². The summed E-state index contributed by atoms with van der Waals surface area (Å²) in [5.74, 6) is -2.44. The van der Waals surface area contributed by atoms with E-state index in [1.54, 1.807) is 0 Å². The standard InChI is InChI=1S/C17H15BF2N2O2/c1-10(18)13-5-6-15(24)22(8-13)9-14-4-3-12(7-21-11(2)23)16(19)17(14)20/h3-6,8H,1,7,9H2,2H3,(H,21,23). The Hall–Kier alpha value is -2.70. The normalized spacial score (nSPS) is 10.5. The van der Waals surface area contributed by atoms with E-state index < -0.39 is 11.6 Å². The minimum absolute atomic E-state index is 0.0148. The summed E-state index contributed by atoms with van der Waals surface area (Å²) in [5.41, 5.74) is 0.463. The quantitative estimate of drug-likeness (QED) is 0.853. The number of benzene rings is 1. The lowest BCUT2D eigenvalue weighted by molar-refractivity contribution is -0.119. The highest BCUT2D eigenvalue weighted by atomic mass is 19.2. The average molecular weight is 328 g/mol. The Morgan fingerprint density at radius 3 is 2.46 bits per heavy atom. The molecule has 0 aliphatic heterocycles. The molecule has 2 radical (unpaired) electrons. The maximum absolute atomic E-state index is 14.2. The topological polar surface area (TPSA) is 51.1 Å². The van der Waals surface area contributed by atoms with Gasteiger partial charge in [0.1, 0.15) is 7.85 Å². The van der Waals surface area contributed by atoms with Crippen molar-refractivity contribution in [3.05, 3.63) is 75.7 Å². The molecule has 0 bridgehead atoms. The zero-order valence-corrected chi connectivity index (χ0v) is 13.1. The number of hydrogen-bond acceptors (Lipinski definition) is 2. The highest BCUT2D eigenvalue weighted by molar-refractivity contribution is 6.41. The zero-order valence-electron chi connectivity index (χ0n) is 13.1. The number of rotatable bonds is 5. The lowest BCUT2D eigenvalue weighted by atomic mass is 9.91. The van der Waals surface area contributed by atoms with Gasteiger partial charge in [-0.05, 0) is 11.6 Å². The van der Waals surface area contributed by atoms with E-state index in [2.05, 4.69) is 11.9 Å². The predicted molar refractivity (Wildman–Crippen MR) is 88.5 cm³/mol. The second-order valence-electron chi connectivity index (χ2n) is 5.33. The van der Waals surface area contributed by atoms with Crippen LogP contribution in [0.15, 0.2) is 41.8 Å². The van der Waals surface area contributed by atoms with Crippen LogP contribution < -0.4 is 10.9 Å². The SMILES string of the molecule is [B]C(=C)c1ccc(=O)n(Cc2ccc(CNC(C)=O)c(F)c2F)c1. The molecular weight excluding hydrogens is 313 g/mol. The molecule has 4 nitrogen and oxygen atoms in total. The highest BCUT2D eigenvalue weighted by Gasteiger charge is 2.14. The molecule has 0 spiro atoms. The van der Waals surface area contributed by atoms with Gasteiger partial charge in [0.2, 0.25) is 5.91 Å². The van der Waals surface area contributed by atoms with Crippen LogP contribution in [0.25, 0.3) is 5.47 Å². The first-order valence-electron chi connectivity index (χ1n) is 7.15. The monoisotopic (exact) mass is 328 g/mol. The summed E-state index contributed by atoms with van der Waals surface area (Å²) in [5, 5.41) is 2.40. The van der Waals surface area contributed by atoms with E-state index in [1.165, 1.54) is 42.0 Å². The number of nitrogens with zero attached hydrogens (tertiary/aromatic N) is 1. The minimum Gasteiger partial charge on any atom is -0.352 e. The fraction of sp³-hybridized carbons (Fsp3) is 0.176. The molecule has 2 aromatic rings. The maximum atomic E-state index is 14.2. The molecule has 0 unspecified atom stereocenters. The van der Waals surface area contributed by atoms with E-state index >= 15 is 0 Å². The molecule has 24 heavy (non-hydrogen) atoms. The number of nitrogens with one attached hydrogen (secondary N) is 1. The van der Waals surface area contributed by atoms with Crippen molar-refractivity contribution >= 4 is 19.2 Å². The van der Waals surface area contributed by atoms with E-state index in [-0.39, 0.29) is 41.2 Å². The lowest BCUT2D eigenvalue weighted by Crippen LogP contribution is -2.22. The average Bonchev–Trinajstić information content (AvgIpc) is 2.52. The Kier molecular flexibility index (Phi) is 5.33. The van der Waals surface area contributed by atoms with Crippen LogP contribution in [0.3, 0.4) is 0 Å². The van der Waals surface area contributed by atoms with Gasteiger partial charge >= 0.3 is 0 Å². The smallest absolute Gasteiger partial charge is 0.250 e. The van der Waals surface area contributed by atoms with Crippen LogP contribution in [-0.2, 0) is 17.9 Å². The number of pyridine rings is 1. The van der Waals surface area contributed by atoms with Crippen LogP contribution in [0.5, 0.6) is 0 Å². The number of carbonyl (C=O) groups excluding carboxylic acids is 1. The first-order valence-corrected chi connectivity index (χ1v) is 7.15. The van der Waals surface area contributed by atoms with E-state index in [1.807, 2.05) is 0 Å². The summed E-state index contributed by atoms with van der Waals surface area (Å²) in [6, 6.07) is 5.55. The van der Waals surface area contributed by atoms with Crippen molar-refractivity contribution in [3.63, 3.8) is 0 Å². The van der Waals surface area contributed by atoms with Crippen molar-refractivity contribution in [3.8, 4) is 0 Å². The molecule has 0 fully saturated rings. The number of amides is 1. The molecule has 1 aromatic carbocycles. The molecular formula is C17H15BF2N2O2. The van der Waals surface area contributed by atoms with E-state index in [0.29, 0.717) is 5.56 Å². The van der Waals surface area contributed by atoms with E-state index in [4.69, 9.17) is 7.85 Å². The minimum atomic E-state index is -1.05. The van der Waals surface area contributed by atoms with Gasteiger partial charge in [-0.25, -0.2) is 8.78 Å². The number of aromatic nitrogens is 1. The van der Waals surface area contributed by atoms with Crippen molar-refractivity contribution in [2.24, 2.45) is 0 Å². The third-order valence-corrected chi connectivity index (χ3v) is 3.46. The van der Waals surface area contributed by atoms with Gasteiger partial charge in [0.05, 0.1) is 6.54 Å². The van der Waals surface area contributed by atoms with E-state index in [0.717, 1.165) is 0 Å². The van der Waals surface area contributed by atoms with Crippen LogP contribution in [0.1, 0.15) is 23.6 Å². The summed E-state index contributed by atoms with van der Waals surface area (Å²) in [6.07, 6.45) is 1.44. The molecule has 0 aliphatic carbocycles. The Labute approximate surface area is 139 Å². The van der Waals surface area contributed by atoms with Crippen LogP contribution in [0.2, 0.25) is 0 Å². The highest BCUT2D eigenvalue weighted by Crippen LogP contribution is 2.17. The maximum Gasteiger partial charge on any atom is 0.250 e. The lowest BCUT2D eigenvalue weighted by Gasteiger charge is -2.12. The summed E-state index contributed by atoms with van der Waals surface area (Å²) >= 11 is 0. The Bertz CT molecular complexity index is 862. The molecule has 1 heterocycles. The van der Waals surface area contributed by atoms with Crippen molar-refractivity contribution in [1.82, 2.24) is 9.88 Å². The first kappa shape index (κ1) is 17.7. The van der Waals surface area contributed by atoms with Gasteiger partial charge in [0.25, 0.3) is 5.56 Å². The van der Waals surface area contributed by atoms with Crippen molar-refractivity contribution < 1.29 is 13.6 Å². The molecule has 7 heteroatoms. The molecule has 1 aromatic heterocycles. The Morgan fingerprint density at radius 1 is 1.21 bits per heavy atom. The third-order valence-electron chi connectivity index (χ3n) is 3.46. The molecule has 0 saturated carbocycles. The van der Waals surface area contributed by atoms with Gasteiger partial charge in [0.15, 0.2) is 11.6 Å². The number of halogens is 2. The summed E-state index contributed by atoms with van der Waals surface area (Å²) in [4.78, 5) is 22.7. The summed E-state index contributed by atoms with van der Waals surface area (Å²) in [6.45, 7) is 4.60. The van der Waals surface area contributed by atoms with Crippen LogP contribution in [0.4, 0.5) is 8.78 Å². The second kappa shape index (κ2) is 7.25. The van der Waals surface area contributed by atoms with Gasteiger partial charge in [-0.1, -0.05) is 17.6 Å². The van der Waals surface area contributed by atoms with Gasteiger partial charge < -0.3 is 9.88 Å².